The minimum atomic E-state index is 0.607. The second-order valence-electron chi connectivity index (χ2n) is 6.37. The lowest BCUT2D eigenvalue weighted by Gasteiger charge is -2.24. The molecule has 1 aromatic carbocycles. The average molecular weight is 359 g/mol. The van der Waals surface area contributed by atoms with E-state index in [0.29, 0.717) is 5.88 Å². The lowest BCUT2D eigenvalue weighted by molar-refractivity contribution is 0.0443. The molecule has 0 saturated carbocycles. The molecule has 0 unspecified atom stereocenters. The third-order valence-electron chi connectivity index (χ3n) is 4.65. The van der Waals surface area contributed by atoms with Crippen LogP contribution in [-0.4, -0.2) is 54.8 Å². The summed E-state index contributed by atoms with van der Waals surface area (Å²) >= 11 is 0. The first-order valence-corrected chi connectivity index (χ1v) is 9.01. The highest BCUT2D eigenvalue weighted by molar-refractivity contribution is 5.89. The van der Waals surface area contributed by atoms with Crippen LogP contribution >= 0.6 is 0 Å². The third kappa shape index (κ3) is 4.08. The summed E-state index contributed by atoms with van der Waals surface area (Å²) in [6, 6.07) is 12.1. The molecule has 4 rings (SSSR count). The monoisotopic (exact) mass is 359 g/mol. The highest BCUT2D eigenvalue weighted by Crippen LogP contribution is 2.25. The molecule has 0 amide bonds. The van der Waals surface area contributed by atoms with Gasteiger partial charge >= 0.3 is 0 Å². The fraction of sp³-hybridized carbons (Fsp3) is 0.273. The van der Waals surface area contributed by atoms with Crippen molar-refractivity contribution in [1.82, 2.24) is 14.9 Å². The minimum absolute atomic E-state index is 0.607. The van der Waals surface area contributed by atoms with Gasteiger partial charge in [-0.2, -0.15) is 0 Å². The molecular formula is C22H21N3O2. The first-order valence-electron chi connectivity index (χ1n) is 9.01. The molecule has 0 atom stereocenters. The van der Waals surface area contributed by atoms with E-state index in [9.17, 15) is 0 Å². The molecule has 3 heterocycles. The summed E-state index contributed by atoms with van der Waals surface area (Å²) in [7, 11) is 1.62. The van der Waals surface area contributed by atoms with Crippen molar-refractivity contribution in [2.75, 3.05) is 40.0 Å². The Hall–Kier alpha value is -2.94. The molecular weight excluding hydrogens is 338 g/mol. The molecule has 1 aliphatic heterocycles. The van der Waals surface area contributed by atoms with Crippen LogP contribution in [0, 0.1) is 11.8 Å². The van der Waals surface area contributed by atoms with Crippen LogP contribution in [0.5, 0.6) is 5.88 Å². The van der Waals surface area contributed by atoms with Crippen LogP contribution in [0.3, 0.4) is 0 Å². The molecule has 0 bridgehead atoms. The third-order valence-corrected chi connectivity index (χ3v) is 4.65. The Morgan fingerprint density at radius 1 is 1.07 bits per heavy atom. The van der Waals surface area contributed by atoms with E-state index in [1.807, 2.05) is 36.7 Å². The van der Waals surface area contributed by atoms with Crippen molar-refractivity contribution in [3.05, 3.63) is 54.4 Å². The summed E-state index contributed by atoms with van der Waals surface area (Å²) in [6.45, 7) is 4.23. The van der Waals surface area contributed by atoms with Crippen molar-refractivity contribution in [2.45, 2.75) is 0 Å². The summed E-state index contributed by atoms with van der Waals surface area (Å²) in [5, 5.41) is 1.06. The number of methoxy groups -OCH3 is 1. The Balaban J connectivity index is 1.63. The van der Waals surface area contributed by atoms with Gasteiger partial charge in [-0.05, 0) is 29.8 Å². The summed E-state index contributed by atoms with van der Waals surface area (Å²) in [6.07, 6.45) is 3.63. The first kappa shape index (κ1) is 17.5. The zero-order chi connectivity index (χ0) is 18.5. The lowest BCUT2D eigenvalue weighted by atomic mass is 10.0. The van der Waals surface area contributed by atoms with E-state index in [4.69, 9.17) is 9.47 Å². The number of fused-ring (bicyclic) bond motifs is 1. The summed E-state index contributed by atoms with van der Waals surface area (Å²) in [5.41, 5.74) is 4.06. The quantitative estimate of drug-likeness (QED) is 0.673. The zero-order valence-corrected chi connectivity index (χ0v) is 15.3. The summed E-state index contributed by atoms with van der Waals surface area (Å²) in [4.78, 5) is 11.1. The largest absolute Gasteiger partial charge is 0.481 e. The van der Waals surface area contributed by atoms with Gasteiger partial charge in [0, 0.05) is 48.1 Å². The van der Waals surface area contributed by atoms with E-state index >= 15 is 0 Å². The van der Waals surface area contributed by atoms with E-state index in [0.717, 1.165) is 60.4 Å². The molecule has 2 aromatic heterocycles. The molecule has 27 heavy (non-hydrogen) atoms. The number of rotatable bonds is 3. The number of benzene rings is 1. The Bertz CT molecular complexity index is 984. The smallest absolute Gasteiger partial charge is 0.212 e. The maximum Gasteiger partial charge on any atom is 0.212 e. The van der Waals surface area contributed by atoms with Gasteiger partial charge in [0.15, 0.2) is 0 Å². The summed E-state index contributed by atoms with van der Waals surface area (Å²) in [5.74, 6) is 7.23. The molecule has 0 aliphatic carbocycles. The first-order chi connectivity index (χ1) is 13.3. The van der Waals surface area contributed by atoms with Crippen molar-refractivity contribution in [1.29, 1.82) is 0 Å². The molecule has 136 valence electrons. The SMILES string of the molecule is COc1ccc(-c2ccc3nccc(C#CCN4CCOCC4)c3c2)cn1. The predicted molar refractivity (Wildman–Crippen MR) is 106 cm³/mol. The van der Waals surface area contributed by atoms with Gasteiger partial charge in [0.05, 0.1) is 32.4 Å². The topological polar surface area (TPSA) is 47.5 Å². The normalized spacial score (nSPS) is 14.6. The molecule has 5 heteroatoms. The Labute approximate surface area is 159 Å². The van der Waals surface area contributed by atoms with Crippen molar-refractivity contribution < 1.29 is 9.47 Å². The predicted octanol–water partition coefficient (Wildman–Crippen LogP) is 2.99. The lowest BCUT2D eigenvalue weighted by Crippen LogP contribution is -2.36. The number of pyridine rings is 2. The molecule has 1 aliphatic rings. The Kier molecular flexibility index (Phi) is 5.29. The zero-order valence-electron chi connectivity index (χ0n) is 15.3. The second-order valence-corrected chi connectivity index (χ2v) is 6.37. The number of hydrogen-bond acceptors (Lipinski definition) is 5. The standard InChI is InChI=1S/C22H21N3O2/c1-26-22-7-5-19(16-24-22)18-4-6-21-20(15-18)17(8-9-23-21)3-2-10-25-11-13-27-14-12-25/h4-9,15-16H,10-14H2,1H3. The van der Waals surface area contributed by atoms with Crippen LogP contribution in [0.1, 0.15) is 5.56 Å². The number of aromatic nitrogens is 2. The maximum absolute atomic E-state index is 5.38. The van der Waals surface area contributed by atoms with Crippen LogP contribution in [0.2, 0.25) is 0 Å². The van der Waals surface area contributed by atoms with Crippen molar-refractivity contribution >= 4 is 10.9 Å². The van der Waals surface area contributed by atoms with Gasteiger partial charge in [-0.3, -0.25) is 9.88 Å². The van der Waals surface area contributed by atoms with Crippen LogP contribution in [-0.2, 0) is 4.74 Å². The second kappa shape index (κ2) is 8.17. The summed E-state index contributed by atoms with van der Waals surface area (Å²) < 4.78 is 10.5. The molecule has 0 N–H and O–H groups in total. The van der Waals surface area contributed by atoms with Gasteiger partial charge in [-0.25, -0.2) is 4.98 Å². The van der Waals surface area contributed by atoms with Gasteiger partial charge < -0.3 is 9.47 Å². The van der Waals surface area contributed by atoms with Gasteiger partial charge in [0.1, 0.15) is 0 Å². The number of ether oxygens (including phenoxy) is 2. The molecule has 1 saturated heterocycles. The molecule has 5 nitrogen and oxygen atoms in total. The van der Waals surface area contributed by atoms with Gasteiger partial charge in [-0.15, -0.1) is 0 Å². The van der Waals surface area contributed by atoms with Gasteiger partial charge in [-0.1, -0.05) is 17.9 Å². The van der Waals surface area contributed by atoms with Crippen molar-refractivity contribution in [3.63, 3.8) is 0 Å². The van der Waals surface area contributed by atoms with Crippen LogP contribution in [0.4, 0.5) is 0 Å². The van der Waals surface area contributed by atoms with Crippen LogP contribution in [0.15, 0.2) is 48.8 Å². The Morgan fingerprint density at radius 2 is 1.93 bits per heavy atom. The molecule has 1 fully saturated rings. The molecule has 0 radical (unpaired) electrons. The van der Waals surface area contributed by atoms with E-state index in [1.54, 1.807) is 7.11 Å². The molecule has 0 spiro atoms. The van der Waals surface area contributed by atoms with Gasteiger partial charge in [0.25, 0.3) is 0 Å². The van der Waals surface area contributed by atoms with E-state index < -0.39 is 0 Å². The minimum Gasteiger partial charge on any atom is -0.481 e. The maximum atomic E-state index is 5.38. The molecule has 3 aromatic rings. The number of nitrogens with zero attached hydrogens (tertiary/aromatic N) is 3. The van der Waals surface area contributed by atoms with E-state index in [1.165, 1.54) is 0 Å². The fourth-order valence-corrected chi connectivity index (χ4v) is 3.11. The highest BCUT2D eigenvalue weighted by atomic mass is 16.5. The Morgan fingerprint density at radius 3 is 2.70 bits per heavy atom. The van der Waals surface area contributed by atoms with E-state index in [-0.39, 0.29) is 0 Å². The van der Waals surface area contributed by atoms with E-state index in [2.05, 4.69) is 38.8 Å². The average Bonchev–Trinajstić information content (AvgIpc) is 2.74. The van der Waals surface area contributed by atoms with Crippen molar-refractivity contribution in [2.24, 2.45) is 0 Å². The van der Waals surface area contributed by atoms with Crippen LogP contribution < -0.4 is 4.74 Å². The highest BCUT2D eigenvalue weighted by Gasteiger charge is 2.08. The van der Waals surface area contributed by atoms with Crippen molar-refractivity contribution in [3.8, 4) is 28.8 Å². The van der Waals surface area contributed by atoms with Gasteiger partial charge in [0.2, 0.25) is 5.88 Å². The number of morpholine rings is 1. The van der Waals surface area contributed by atoms with Crippen LogP contribution in [0.25, 0.3) is 22.0 Å². The number of hydrogen-bond donors (Lipinski definition) is 0. The fourth-order valence-electron chi connectivity index (χ4n) is 3.11.